The van der Waals surface area contributed by atoms with E-state index in [-0.39, 0.29) is 5.91 Å². The second kappa shape index (κ2) is 8.82. The quantitative estimate of drug-likeness (QED) is 0.808. The third-order valence-corrected chi connectivity index (χ3v) is 3.60. The molecule has 0 aromatic heterocycles. The second-order valence-electron chi connectivity index (χ2n) is 5.26. The molecule has 0 aliphatic carbocycles. The molecule has 24 heavy (non-hydrogen) atoms. The Morgan fingerprint density at radius 2 is 1.67 bits per heavy atom. The molecule has 0 aliphatic rings. The first-order valence-corrected chi connectivity index (χ1v) is 7.87. The number of nitrogens with one attached hydrogen (secondary N) is 1. The van der Waals surface area contributed by atoms with Crippen LogP contribution >= 0.6 is 0 Å². The molecule has 5 heteroatoms. The van der Waals surface area contributed by atoms with Gasteiger partial charge in [-0.25, -0.2) is 0 Å². The van der Waals surface area contributed by atoms with Gasteiger partial charge in [-0.1, -0.05) is 19.1 Å². The monoisotopic (exact) mass is 329 g/mol. The summed E-state index contributed by atoms with van der Waals surface area (Å²) >= 11 is 0. The zero-order valence-electron chi connectivity index (χ0n) is 14.2. The second-order valence-corrected chi connectivity index (χ2v) is 5.26. The van der Waals surface area contributed by atoms with Crippen molar-refractivity contribution in [1.82, 2.24) is 5.32 Å². The average Bonchev–Trinajstić information content (AvgIpc) is 2.64. The zero-order valence-corrected chi connectivity index (χ0v) is 14.2. The van der Waals surface area contributed by atoms with E-state index in [4.69, 9.17) is 14.2 Å². The number of ether oxygens (including phenoxy) is 3. The molecule has 1 N–H and O–H groups in total. The van der Waals surface area contributed by atoms with E-state index < -0.39 is 6.10 Å². The molecule has 0 saturated carbocycles. The Labute approximate surface area is 142 Å². The van der Waals surface area contributed by atoms with Crippen molar-refractivity contribution in [3.8, 4) is 17.2 Å². The molecule has 2 aromatic carbocycles. The molecule has 0 spiro atoms. The molecule has 0 bridgehead atoms. The summed E-state index contributed by atoms with van der Waals surface area (Å²) in [5, 5.41) is 2.90. The highest BCUT2D eigenvalue weighted by Gasteiger charge is 2.18. The van der Waals surface area contributed by atoms with E-state index in [9.17, 15) is 4.79 Å². The van der Waals surface area contributed by atoms with Crippen LogP contribution in [0.1, 0.15) is 18.9 Å². The Bertz CT molecular complexity index is 655. The molecule has 0 aliphatic heterocycles. The van der Waals surface area contributed by atoms with Crippen LogP contribution in [0.2, 0.25) is 0 Å². The number of methoxy groups -OCH3 is 2. The third-order valence-electron chi connectivity index (χ3n) is 3.60. The maximum Gasteiger partial charge on any atom is 0.261 e. The summed E-state index contributed by atoms with van der Waals surface area (Å²) in [6, 6.07) is 14.8. The fourth-order valence-electron chi connectivity index (χ4n) is 2.23. The molecule has 0 heterocycles. The molecule has 2 rings (SSSR count). The number of rotatable bonds is 8. The predicted molar refractivity (Wildman–Crippen MR) is 92.5 cm³/mol. The highest BCUT2D eigenvalue weighted by molar-refractivity contribution is 5.81. The largest absolute Gasteiger partial charge is 0.497 e. The van der Waals surface area contributed by atoms with Crippen molar-refractivity contribution in [3.63, 3.8) is 0 Å². The van der Waals surface area contributed by atoms with Crippen LogP contribution in [-0.4, -0.2) is 26.2 Å². The molecule has 0 saturated heterocycles. The Morgan fingerprint density at radius 1 is 1.00 bits per heavy atom. The molecule has 0 radical (unpaired) electrons. The van der Waals surface area contributed by atoms with Gasteiger partial charge in [0.25, 0.3) is 5.91 Å². The number of carbonyl (C=O) groups excluding carboxylic acids is 1. The summed E-state index contributed by atoms with van der Waals surface area (Å²) in [7, 11) is 3.23. The number of hydrogen-bond acceptors (Lipinski definition) is 4. The first-order valence-electron chi connectivity index (χ1n) is 7.87. The molecular formula is C19H23NO4. The van der Waals surface area contributed by atoms with Crippen molar-refractivity contribution < 1.29 is 19.0 Å². The van der Waals surface area contributed by atoms with Crippen molar-refractivity contribution in [1.29, 1.82) is 0 Å². The van der Waals surface area contributed by atoms with Crippen molar-refractivity contribution >= 4 is 5.91 Å². The third kappa shape index (κ3) is 4.91. The normalized spacial score (nSPS) is 11.5. The van der Waals surface area contributed by atoms with Crippen LogP contribution in [0.25, 0.3) is 0 Å². The number of carbonyl (C=O) groups is 1. The summed E-state index contributed by atoms with van der Waals surface area (Å²) in [5.74, 6) is 2.01. The summed E-state index contributed by atoms with van der Waals surface area (Å²) in [6.45, 7) is 2.35. The highest BCUT2D eigenvalue weighted by atomic mass is 16.5. The van der Waals surface area contributed by atoms with E-state index in [1.54, 1.807) is 38.5 Å². The van der Waals surface area contributed by atoms with Gasteiger partial charge in [-0.05, 0) is 48.4 Å². The minimum absolute atomic E-state index is 0.142. The van der Waals surface area contributed by atoms with Crippen LogP contribution in [0.15, 0.2) is 48.5 Å². The molecule has 1 amide bonds. The minimum atomic E-state index is -0.538. The topological polar surface area (TPSA) is 56.8 Å². The van der Waals surface area contributed by atoms with Gasteiger partial charge in [-0.15, -0.1) is 0 Å². The van der Waals surface area contributed by atoms with Crippen molar-refractivity contribution in [2.45, 2.75) is 26.0 Å². The fraction of sp³-hybridized carbons (Fsp3) is 0.316. The molecule has 0 fully saturated rings. The van der Waals surface area contributed by atoms with Crippen LogP contribution in [0.5, 0.6) is 17.2 Å². The summed E-state index contributed by atoms with van der Waals surface area (Å²) in [6.07, 6.45) is 0.0414. The van der Waals surface area contributed by atoms with Crippen molar-refractivity contribution in [3.05, 3.63) is 54.1 Å². The van der Waals surface area contributed by atoms with E-state index in [0.717, 1.165) is 17.1 Å². The van der Waals surface area contributed by atoms with Gasteiger partial charge in [-0.2, -0.15) is 0 Å². The lowest BCUT2D eigenvalue weighted by Gasteiger charge is -2.17. The highest BCUT2D eigenvalue weighted by Crippen LogP contribution is 2.19. The lowest BCUT2D eigenvalue weighted by Crippen LogP contribution is -2.37. The molecule has 1 unspecified atom stereocenters. The van der Waals surface area contributed by atoms with Crippen molar-refractivity contribution in [2.75, 3.05) is 14.2 Å². The smallest absolute Gasteiger partial charge is 0.261 e. The van der Waals surface area contributed by atoms with Gasteiger partial charge in [-0.3, -0.25) is 4.79 Å². The van der Waals surface area contributed by atoms with E-state index in [1.165, 1.54) is 0 Å². The van der Waals surface area contributed by atoms with Crippen LogP contribution in [0, 0.1) is 0 Å². The van der Waals surface area contributed by atoms with Crippen LogP contribution in [0.4, 0.5) is 0 Å². The Morgan fingerprint density at radius 3 is 2.29 bits per heavy atom. The van der Waals surface area contributed by atoms with Crippen LogP contribution in [-0.2, 0) is 11.3 Å². The fourth-order valence-corrected chi connectivity index (χ4v) is 2.23. The van der Waals surface area contributed by atoms with Gasteiger partial charge < -0.3 is 19.5 Å². The van der Waals surface area contributed by atoms with E-state index in [0.29, 0.717) is 18.7 Å². The molecular weight excluding hydrogens is 306 g/mol. The number of amides is 1. The van der Waals surface area contributed by atoms with Crippen molar-refractivity contribution in [2.24, 2.45) is 0 Å². The Balaban J connectivity index is 1.92. The van der Waals surface area contributed by atoms with Crippen LogP contribution in [0.3, 0.4) is 0 Å². The predicted octanol–water partition coefficient (Wildman–Crippen LogP) is 3.18. The Kier molecular flexibility index (Phi) is 6.49. The number of benzene rings is 2. The lowest BCUT2D eigenvalue weighted by molar-refractivity contribution is -0.128. The number of hydrogen-bond donors (Lipinski definition) is 1. The maximum absolute atomic E-state index is 12.3. The van der Waals surface area contributed by atoms with Gasteiger partial charge >= 0.3 is 0 Å². The average molecular weight is 329 g/mol. The van der Waals surface area contributed by atoms with Crippen LogP contribution < -0.4 is 19.5 Å². The summed E-state index contributed by atoms with van der Waals surface area (Å²) in [5.41, 5.74) is 0.974. The zero-order chi connectivity index (χ0) is 17.4. The lowest BCUT2D eigenvalue weighted by atomic mass is 10.2. The summed E-state index contributed by atoms with van der Waals surface area (Å²) < 4.78 is 16.1. The van der Waals surface area contributed by atoms with E-state index >= 15 is 0 Å². The van der Waals surface area contributed by atoms with Gasteiger partial charge in [0.2, 0.25) is 0 Å². The Hall–Kier alpha value is -2.69. The van der Waals surface area contributed by atoms with Gasteiger partial charge in [0.15, 0.2) is 6.10 Å². The first-order chi connectivity index (χ1) is 11.7. The molecule has 2 aromatic rings. The maximum atomic E-state index is 12.3. The van der Waals surface area contributed by atoms with Gasteiger partial charge in [0, 0.05) is 6.54 Å². The van der Waals surface area contributed by atoms with Gasteiger partial charge in [0.05, 0.1) is 14.2 Å². The van der Waals surface area contributed by atoms with E-state index in [2.05, 4.69) is 5.32 Å². The molecule has 1 atom stereocenters. The summed E-state index contributed by atoms with van der Waals surface area (Å²) in [4.78, 5) is 12.3. The van der Waals surface area contributed by atoms with Gasteiger partial charge in [0.1, 0.15) is 17.2 Å². The SMILES string of the molecule is CCC(Oc1ccc(OC)cc1)C(=O)NCc1cccc(OC)c1. The van der Waals surface area contributed by atoms with E-state index in [1.807, 2.05) is 31.2 Å². The molecule has 128 valence electrons. The standard InChI is InChI=1S/C19H23NO4/c1-4-18(24-16-10-8-15(22-2)9-11-16)19(21)20-13-14-6-5-7-17(12-14)23-3/h5-12,18H,4,13H2,1-3H3,(H,20,21). The molecule has 5 nitrogen and oxygen atoms in total. The first kappa shape index (κ1) is 17.7. The minimum Gasteiger partial charge on any atom is -0.497 e.